The number of carbonyl (C=O) groups is 1. The van der Waals surface area contributed by atoms with Gasteiger partial charge in [0.2, 0.25) is 5.91 Å². The van der Waals surface area contributed by atoms with Crippen molar-refractivity contribution in [1.82, 2.24) is 4.98 Å². The molecule has 4 heteroatoms. The molecular formula is C14H17N3O. The molecule has 1 amide bonds. The zero-order chi connectivity index (χ0) is 13.0. The molecule has 1 aliphatic carbocycles. The van der Waals surface area contributed by atoms with Crippen LogP contribution in [0.2, 0.25) is 0 Å². The SMILES string of the molecule is Cc1ccc(NC(=O)C2(C#N)CCCCC2)cn1. The molecule has 1 aliphatic rings. The van der Waals surface area contributed by atoms with Crippen LogP contribution < -0.4 is 5.32 Å². The van der Waals surface area contributed by atoms with E-state index >= 15 is 0 Å². The Balaban J connectivity index is 2.11. The topological polar surface area (TPSA) is 65.8 Å². The van der Waals surface area contributed by atoms with Gasteiger partial charge >= 0.3 is 0 Å². The number of pyridine rings is 1. The van der Waals surface area contributed by atoms with Crippen molar-refractivity contribution in [2.45, 2.75) is 39.0 Å². The van der Waals surface area contributed by atoms with E-state index in [2.05, 4.69) is 16.4 Å². The number of nitrogens with zero attached hydrogens (tertiary/aromatic N) is 2. The van der Waals surface area contributed by atoms with Crippen LogP contribution in [0, 0.1) is 23.7 Å². The third kappa shape index (κ3) is 2.51. The van der Waals surface area contributed by atoms with Crippen LogP contribution in [0.25, 0.3) is 0 Å². The summed E-state index contributed by atoms with van der Waals surface area (Å²) in [6.45, 7) is 1.89. The summed E-state index contributed by atoms with van der Waals surface area (Å²) in [6.07, 6.45) is 5.97. The van der Waals surface area contributed by atoms with Gasteiger partial charge in [0, 0.05) is 5.69 Å². The van der Waals surface area contributed by atoms with Gasteiger partial charge in [-0.3, -0.25) is 9.78 Å². The molecule has 0 atom stereocenters. The summed E-state index contributed by atoms with van der Waals surface area (Å²) in [5.74, 6) is -0.185. The van der Waals surface area contributed by atoms with E-state index < -0.39 is 5.41 Å². The van der Waals surface area contributed by atoms with E-state index in [1.54, 1.807) is 6.20 Å². The first kappa shape index (κ1) is 12.6. The second-order valence-electron chi connectivity index (χ2n) is 4.90. The Bertz CT molecular complexity index is 467. The number of hydrogen-bond acceptors (Lipinski definition) is 3. The first-order chi connectivity index (χ1) is 8.66. The van der Waals surface area contributed by atoms with Gasteiger partial charge in [0.1, 0.15) is 5.41 Å². The third-order valence-electron chi connectivity index (χ3n) is 3.53. The van der Waals surface area contributed by atoms with Gasteiger partial charge < -0.3 is 5.32 Å². The molecule has 1 N–H and O–H groups in total. The lowest BCUT2D eigenvalue weighted by Crippen LogP contribution is -2.36. The Labute approximate surface area is 107 Å². The molecule has 0 aliphatic heterocycles. The maximum atomic E-state index is 12.2. The van der Waals surface area contributed by atoms with E-state index in [4.69, 9.17) is 0 Å². The van der Waals surface area contributed by atoms with Gasteiger partial charge in [0.25, 0.3) is 0 Å². The molecule has 2 rings (SSSR count). The average Bonchev–Trinajstić information content (AvgIpc) is 2.42. The minimum Gasteiger partial charge on any atom is -0.323 e. The fourth-order valence-corrected chi connectivity index (χ4v) is 2.34. The summed E-state index contributed by atoms with van der Waals surface area (Å²) in [6, 6.07) is 5.87. The molecule has 0 saturated heterocycles. The van der Waals surface area contributed by atoms with E-state index in [0.29, 0.717) is 18.5 Å². The van der Waals surface area contributed by atoms with Crippen LogP contribution in [0.3, 0.4) is 0 Å². The smallest absolute Gasteiger partial charge is 0.244 e. The molecule has 4 nitrogen and oxygen atoms in total. The van der Waals surface area contributed by atoms with Crippen molar-refractivity contribution in [3.8, 4) is 6.07 Å². The van der Waals surface area contributed by atoms with E-state index in [0.717, 1.165) is 25.0 Å². The summed E-state index contributed by atoms with van der Waals surface area (Å²) in [5, 5.41) is 12.1. The van der Waals surface area contributed by atoms with Gasteiger partial charge in [0.15, 0.2) is 0 Å². The van der Waals surface area contributed by atoms with E-state index in [1.807, 2.05) is 19.1 Å². The van der Waals surface area contributed by atoms with Crippen LogP contribution in [0.5, 0.6) is 0 Å². The van der Waals surface area contributed by atoms with Crippen molar-refractivity contribution in [2.24, 2.45) is 5.41 Å². The Morgan fingerprint density at radius 1 is 1.39 bits per heavy atom. The van der Waals surface area contributed by atoms with E-state index in [-0.39, 0.29) is 5.91 Å². The van der Waals surface area contributed by atoms with Crippen molar-refractivity contribution in [3.63, 3.8) is 0 Å². The fourth-order valence-electron chi connectivity index (χ4n) is 2.34. The minimum atomic E-state index is -0.844. The van der Waals surface area contributed by atoms with Gasteiger partial charge in [-0.25, -0.2) is 0 Å². The molecule has 1 saturated carbocycles. The summed E-state index contributed by atoms with van der Waals surface area (Å²) < 4.78 is 0. The molecule has 0 radical (unpaired) electrons. The Kier molecular flexibility index (Phi) is 3.61. The van der Waals surface area contributed by atoms with Crippen LogP contribution in [-0.4, -0.2) is 10.9 Å². The van der Waals surface area contributed by atoms with Crippen LogP contribution in [0.15, 0.2) is 18.3 Å². The highest BCUT2D eigenvalue weighted by atomic mass is 16.2. The highest BCUT2D eigenvalue weighted by molar-refractivity contribution is 5.97. The molecule has 1 fully saturated rings. The Hall–Kier alpha value is -1.89. The number of rotatable bonds is 2. The third-order valence-corrected chi connectivity index (χ3v) is 3.53. The first-order valence-electron chi connectivity index (χ1n) is 6.32. The van der Waals surface area contributed by atoms with Crippen LogP contribution in [-0.2, 0) is 4.79 Å². The molecule has 0 bridgehead atoms. The maximum absolute atomic E-state index is 12.2. The molecule has 94 valence electrons. The number of aryl methyl sites for hydroxylation is 1. The number of anilines is 1. The number of amides is 1. The summed E-state index contributed by atoms with van der Waals surface area (Å²) in [5.41, 5.74) is 0.717. The standard InChI is InChI=1S/C14H17N3O/c1-11-5-6-12(9-16-11)17-13(18)14(10-15)7-3-2-4-8-14/h5-6,9H,2-4,7-8H2,1H3,(H,17,18). The number of hydrogen-bond donors (Lipinski definition) is 1. The molecule has 0 unspecified atom stereocenters. The highest BCUT2D eigenvalue weighted by Crippen LogP contribution is 2.36. The second kappa shape index (κ2) is 5.18. The number of nitrogens with one attached hydrogen (secondary N) is 1. The fraction of sp³-hybridized carbons (Fsp3) is 0.500. The van der Waals surface area contributed by atoms with Crippen LogP contribution >= 0.6 is 0 Å². The lowest BCUT2D eigenvalue weighted by Gasteiger charge is -2.29. The monoisotopic (exact) mass is 243 g/mol. The number of aromatic nitrogens is 1. The molecule has 1 aromatic heterocycles. The molecule has 0 aromatic carbocycles. The summed E-state index contributed by atoms with van der Waals surface area (Å²) in [7, 11) is 0. The van der Waals surface area contributed by atoms with Crippen molar-refractivity contribution in [3.05, 3.63) is 24.0 Å². The van der Waals surface area contributed by atoms with Crippen molar-refractivity contribution in [2.75, 3.05) is 5.32 Å². The first-order valence-corrected chi connectivity index (χ1v) is 6.32. The van der Waals surface area contributed by atoms with Crippen LogP contribution in [0.4, 0.5) is 5.69 Å². The molecule has 0 spiro atoms. The van der Waals surface area contributed by atoms with E-state index in [1.165, 1.54) is 0 Å². The van der Waals surface area contributed by atoms with Crippen LogP contribution in [0.1, 0.15) is 37.8 Å². The van der Waals surface area contributed by atoms with E-state index in [9.17, 15) is 10.1 Å². The van der Waals surface area contributed by atoms with Gasteiger partial charge in [-0.15, -0.1) is 0 Å². The van der Waals surface area contributed by atoms with Crippen molar-refractivity contribution in [1.29, 1.82) is 5.26 Å². The predicted octanol–water partition coefficient (Wildman–Crippen LogP) is 2.80. The maximum Gasteiger partial charge on any atom is 0.244 e. The minimum absolute atomic E-state index is 0.185. The molecular weight excluding hydrogens is 226 g/mol. The normalized spacial score (nSPS) is 17.8. The van der Waals surface area contributed by atoms with Crippen molar-refractivity contribution < 1.29 is 4.79 Å². The Morgan fingerprint density at radius 3 is 2.67 bits per heavy atom. The zero-order valence-electron chi connectivity index (χ0n) is 10.6. The lowest BCUT2D eigenvalue weighted by molar-refractivity contribution is -0.124. The molecule has 1 aromatic rings. The van der Waals surface area contributed by atoms with Gasteiger partial charge in [-0.1, -0.05) is 19.3 Å². The lowest BCUT2D eigenvalue weighted by atomic mass is 9.74. The average molecular weight is 243 g/mol. The highest BCUT2D eigenvalue weighted by Gasteiger charge is 2.39. The van der Waals surface area contributed by atoms with Gasteiger partial charge in [0.05, 0.1) is 18.0 Å². The summed E-state index contributed by atoms with van der Waals surface area (Å²) in [4.78, 5) is 16.4. The zero-order valence-corrected chi connectivity index (χ0v) is 10.6. The molecule has 1 heterocycles. The second-order valence-corrected chi connectivity index (χ2v) is 4.90. The predicted molar refractivity (Wildman–Crippen MR) is 68.7 cm³/mol. The van der Waals surface area contributed by atoms with Crippen molar-refractivity contribution >= 4 is 11.6 Å². The quantitative estimate of drug-likeness (QED) is 0.868. The molecule has 18 heavy (non-hydrogen) atoms. The Morgan fingerprint density at radius 2 is 2.11 bits per heavy atom. The summed E-state index contributed by atoms with van der Waals surface area (Å²) >= 11 is 0. The largest absolute Gasteiger partial charge is 0.323 e. The number of carbonyl (C=O) groups excluding carboxylic acids is 1. The van der Waals surface area contributed by atoms with Gasteiger partial charge in [-0.05, 0) is 31.9 Å². The number of nitriles is 1. The van der Waals surface area contributed by atoms with Gasteiger partial charge in [-0.2, -0.15) is 5.26 Å².